The zero-order chi connectivity index (χ0) is 19.9. The summed E-state index contributed by atoms with van der Waals surface area (Å²) in [5.74, 6) is 1.60. The van der Waals surface area contributed by atoms with Crippen LogP contribution in [-0.2, 0) is 16.0 Å². The molecule has 28 heavy (non-hydrogen) atoms. The highest BCUT2D eigenvalue weighted by Crippen LogP contribution is 2.31. The summed E-state index contributed by atoms with van der Waals surface area (Å²) < 4.78 is 11.3. The first kappa shape index (κ1) is 20.5. The van der Waals surface area contributed by atoms with Gasteiger partial charge in [0.15, 0.2) is 11.5 Å². The summed E-state index contributed by atoms with van der Waals surface area (Å²) in [5.41, 5.74) is 1.09. The molecule has 1 unspecified atom stereocenters. The Balaban J connectivity index is 1.54. The lowest BCUT2D eigenvalue weighted by Crippen LogP contribution is -2.49. The molecule has 0 bridgehead atoms. The van der Waals surface area contributed by atoms with E-state index in [0.717, 1.165) is 42.7 Å². The van der Waals surface area contributed by atoms with Gasteiger partial charge in [-0.1, -0.05) is 18.9 Å². The highest BCUT2D eigenvalue weighted by Gasteiger charge is 2.40. The molecule has 6 heteroatoms. The molecule has 2 aliphatic rings. The van der Waals surface area contributed by atoms with Crippen molar-refractivity contribution in [2.24, 2.45) is 0 Å². The highest BCUT2D eigenvalue weighted by molar-refractivity contribution is 5.91. The summed E-state index contributed by atoms with van der Waals surface area (Å²) in [5, 5.41) is 3.03. The normalized spacial score (nSPS) is 19.9. The molecule has 154 valence electrons. The van der Waals surface area contributed by atoms with Crippen LogP contribution in [-0.4, -0.2) is 48.6 Å². The molecule has 1 saturated carbocycles. The summed E-state index contributed by atoms with van der Waals surface area (Å²) in [4.78, 5) is 26.9. The summed E-state index contributed by atoms with van der Waals surface area (Å²) >= 11 is 0. The zero-order valence-corrected chi connectivity index (χ0v) is 17.0. The molecule has 0 spiro atoms. The third kappa shape index (κ3) is 4.78. The maximum atomic E-state index is 12.7. The van der Waals surface area contributed by atoms with Gasteiger partial charge in [-0.05, 0) is 57.2 Å². The second-order valence-electron chi connectivity index (χ2n) is 7.48. The van der Waals surface area contributed by atoms with Gasteiger partial charge < -0.3 is 19.7 Å². The Labute approximate surface area is 167 Å². The van der Waals surface area contributed by atoms with Gasteiger partial charge >= 0.3 is 0 Å². The number of likely N-dealkylation sites (tertiary alicyclic amines) is 1. The van der Waals surface area contributed by atoms with E-state index < -0.39 is 0 Å². The van der Waals surface area contributed by atoms with Gasteiger partial charge in [-0.3, -0.25) is 9.59 Å². The minimum Gasteiger partial charge on any atom is -0.490 e. The molecule has 6 nitrogen and oxygen atoms in total. The van der Waals surface area contributed by atoms with E-state index in [1.807, 2.05) is 36.9 Å². The predicted octanol–water partition coefficient (Wildman–Crippen LogP) is 3.08. The van der Waals surface area contributed by atoms with Crippen LogP contribution >= 0.6 is 0 Å². The molecule has 0 aromatic heterocycles. The zero-order valence-electron chi connectivity index (χ0n) is 17.0. The Morgan fingerprint density at radius 1 is 1.11 bits per heavy atom. The number of hydrogen-bond donors (Lipinski definition) is 1. The largest absolute Gasteiger partial charge is 0.490 e. The van der Waals surface area contributed by atoms with Gasteiger partial charge in [0.25, 0.3) is 0 Å². The Morgan fingerprint density at radius 2 is 1.82 bits per heavy atom. The molecule has 1 N–H and O–H groups in total. The third-order valence-electron chi connectivity index (χ3n) is 5.60. The van der Waals surface area contributed by atoms with Gasteiger partial charge in [-0.25, -0.2) is 0 Å². The number of hydrogen-bond acceptors (Lipinski definition) is 4. The minimum atomic E-state index is -0.296. The van der Waals surface area contributed by atoms with Crippen molar-refractivity contribution in [2.75, 3.05) is 19.8 Å². The quantitative estimate of drug-likeness (QED) is 0.706. The fourth-order valence-electron chi connectivity index (χ4n) is 4.30. The van der Waals surface area contributed by atoms with Crippen molar-refractivity contribution in [2.45, 2.75) is 70.9 Å². The third-order valence-corrected chi connectivity index (χ3v) is 5.60. The van der Waals surface area contributed by atoms with Crippen LogP contribution in [0.4, 0.5) is 0 Å². The molecule has 1 saturated heterocycles. The molecule has 1 aromatic carbocycles. The molecule has 1 aromatic rings. The van der Waals surface area contributed by atoms with Crippen molar-refractivity contribution in [3.05, 3.63) is 23.8 Å². The number of amides is 2. The maximum absolute atomic E-state index is 12.7. The Morgan fingerprint density at radius 3 is 2.54 bits per heavy atom. The molecule has 1 heterocycles. The average molecular weight is 389 g/mol. The lowest BCUT2D eigenvalue weighted by molar-refractivity contribution is -0.137. The van der Waals surface area contributed by atoms with Crippen LogP contribution in [0.25, 0.3) is 0 Å². The van der Waals surface area contributed by atoms with E-state index in [2.05, 4.69) is 5.32 Å². The van der Waals surface area contributed by atoms with E-state index >= 15 is 0 Å². The first-order chi connectivity index (χ1) is 13.6. The van der Waals surface area contributed by atoms with Gasteiger partial charge in [0, 0.05) is 19.0 Å². The number of nitrogens with zero attached hydrogens (tertiary/aromatic N) is 1. The molecule has 1 atom stereocenters. The maximum Gasteiger partial charge on any atom is 0.242 e. The van der Waals surface area contributed by atoms with E-state index in [1.165, 1.54) is 0 Å². The van der Waals surface area contributed by atoms with Crippen molar-refractivity contribution in [1.82, 2.24) is 10.2 Å². The number of carbonyl (C=O) groups is 2. The topological polar surface area (TPSA) is 67.9 Å². The summed E-state index contributed by atoms with van der Waals surface area (Å²) in [6, 6.07) is 5.86. The van der Waals surface area contributed by atoms with Gasteiger partial charge in [-0.2, -0.15) is 0 Å². The SMILES string of the molecule is CCOc1ccc(CCNC(=O)C2CCC(=O)N2C2CCCC2)cc1OCC. The molecule has 3 rings (SSSR count). The van der Waals surface area contributed by atoms with Crippen molar-refractivity contribution >= 4 is 11.8 Å². The molecule has 2 fully saturated rings. The Kier molecular flexibility index (Phi) is 7.18. The molecule has 2 amide bonds. The van der Waals surface area contributed by atoms with Crippen molar-refractivity contribution in [1.29, 1.82) is 0 Å². The van der Waals surface area contributed by atoms with Gasteiger partial charge in [0.1, 0.15) is 6.04 Å². The number of rotatable bonds is 9. The summed E-state index contributed by atoms with van der Waals surface area (Å²) in [6.07, 6.45) is 6.21. The standard InChI is InChI=1S/C22H32N2O4/c1-3-27-19-11-9-16(15-20(19)28-4-2)13-14-23-22(26)18-10-12-21(25)24(18)17-7-5-6-8-17/h9,11,15,17-18H,3-8,10,12-14H2,1-2H3,(H,23,26). The smallest absolute Gasteiger partial charge is 0.242 e. The molecule has 1 aliphatic carbocycles. The second-order valence-corrected chi connectivity index (χ2v) is 7.48. The first-order valence-corrected chi connectivity index (χ1v) is 10.6. The van der Waals surface area contributed by atoms with E-state index in [0.29, 0.717) is 39.0 Å². The number of carbonyl (C=O) groups excluding carboxylic acids is 2. The summed E-state index contributed by atoms with van der Waals surface area (Å²) in [6.45, 7) is 5.60. The molecular weight excluding hydrogens is 356 g/mol. The Hall–Kier alpha value is -2.24. The average Bonchev–Trinajstić information content (AvgIpc) is 3.33. The molecule has 1 aliphatic heterocycles. The minimum absolute atomic E-state index is 0.0197. The lowest BCUT2D eigenvalue weighted by atomic mass is 10.1. The fraction of sp³-hybridized carbons (Fsp3) is 0.636. The second kappa shape index (κ2) is 9.80. The van der Waals surface area contributed by atoms with Gasteiger partial charge in [0.05, 0.1) is 13.2 Å². The van der Waals surface area contributed by atoms with Crippen molar-refractivity contribution in [3.63, 3.8) is 0 Å². The van der Waals surface area contributed by atoms with E-state index in [9.17, 15) is 9.59 Å². The Bertz CT molecular complexity index is 685. The van der Waals surface area contributed by atoms with Gasteiger partial charge in [0.2, 0.25) is 11.8 Å². The van der Waals surface area contributed by atoms with Crippen molar-refractivity contribution in [3.8, 4) is 11.5 Å². The highest BCUT2D eigenvalue weighted by atomic mass is 16.5. The number of nitrogens with one attached hydrogen (secondary N) is 1. The van der Waals surface area contributed by atoms with Crippen molar-refractivity contribution < 1.29 is 19.1 Å². The van der Waals surface area contributed by atoms with E-state index in [4.69, 9.17) is 9.47 Å². The fourth-order valence-corrected chi connectivity index (χ4v) is 4.30. The van der Waals surface area contributed by atoms with Crippen LogP contribution < -0.4 is 14.8 Å². The lowest BCUT2D eigenvalue weighted by Gasteiger charge is -2.30. The molecule has 0 radical (unpaired) electrons. The van der Waals surface area contributed by atoms with Crippen LogP contribution in [0.1, 0.15) is 57.9 Å². The van der Waals surface area contributed by atoms with Crippen LogP contribution in [0.5, 0.6) is 11.5 Å². The van der Waals surface area contributed by atoms with E-state index in [1.54, 1.807) is 0 Å². The number of ether oxygens (including phenoxy) is 2. The van der Waals surface area contributed by atoms with E-state index in [-0.39, 0.29) is 23.9 Å². The summed E-state index contributed by atoms with van der Waals surface area (Å²) in [7, 11) is 0. The van der Waals surface area contributed by atoms with Gasteiger partial charge in [-0.15, -0.1) is 0 Å². The van der Waals surface area contributed by atoms with Crippen LogP contribution in [0.15, 0.2) is 18.2 Å². The van der Waals surface area contributed by atoms with Crippen LogP contribution in [0, 0.1) is 0 Å². The van der Waals surface area contributed by atoms with Crippen LogP contribution in [0.3, 0.4) is 0 Å². The monoisotopic (exact) mass is 388 g/mol. The predicted molar refractivity (Wildman–Crippen MR) is 108 cm³/mol. The number of benzene rings is 1. The first-order valence-electron chi connectivity index (χ1n) is 10.6. The molecular formula is C22H32N2O4. The van der Waals surface area contributed by atoms with Crippen LogP contribution in [0.2, 0.25) is 0 Å².